The van der Waals surface area contributed by atoms with Crippen LogP contribution in [0.2, 0.25) is 0 Å². The first kappa shape index (κ1) is 62.3. The van der Waals surface area contributed by atoms with Crippen LogP contribution in [-0.4, -0.2) is 9.13 Å². The number of fused-ring (bicyclic) bond motifs is 6. The van der Waals surface area contributed by atoms with Crippen molar-refractivity contribution in [2.45, 2.75) is 0 Å². The normalized spacial score (nSPS) is 13.4. The predicted octanol–water partition coefficient (Wildman–Crippen LogP) is 36.5. The Kier molecular flexibility index (Phi) is 17.0. The van der Waals surface area contributed by atoms with Gasteiger partial charge < -0.3 is 18.9 Å². The fourth-order valence-electron chi connectivity index (χ4n) is 18.1. The first-order valence-electron chi connectivity index (χ1n) is 55.5. The van der Waals surface area contributed by atoms with E-state index < -0.39 is 136 Å². The molecule has 22 aromatic carbocycles. The molecular formula is C132H92N4. The molecule has 0 N–H and O–H groups in total. The van der Waals surface area contributed by atoms with E-state index in [1.165, 1.54) is 0 Å². The van der Waals surface area contributed by atoms with Gasteiger partial charge in [0.2, 0.25) is 0 Å². The van der Waals surface area contributed by atoms with Gasteiger partial charge in [-0.15, -0.1) is 0 Å². The second-order valence-corrected chi connectivity index (χ2v) is 33.0. The maximum absolute atomic E-state index is 9.83. The zero-order valence-corrected chi connectivity index (χ0v) is 73.3. The third-order valence-corrected chi connectivity index (χ3v) is 24.8. The molecule has 0 radical (unpaired) electrons. The molecule has 0 atom stereocenters. The van der Waals surface area contributed by atoms with E-state index in [0.29, 0.717) is 22.5 Å². The average molecular weight is 1760 g/mol. The second kappa shape index (κ2) is 37.1. The molecule has 4 nitrogen and oxygen atoms in total. The molecule has 136 heavy (non-hydrogen) atoms. The SMILES string of the molecule is [2H]c1c([2H])c(N(c2ccc(-c3ccc(-c4ccccc4)cc3)cc2)c2ccc(-c3cccc(-c4ccccc4)c3)cc2)c([2H])c([2H])c1-c1ccc2c(c1)c1ccccc1n2-c1ccccc1-c1ccccc1.[2H]c1c([2H])c([2H])c(-c2c([2H])c([2H])c(-c3c([2H])c([2H])c(N(c4ccc(-c5cccc(-c6ccccc6)c5)cc4)c4c([2H])c([2H])c(-c5ccc6c(c5)c5ccccc5n6-c5ccccc5-c5ccccc5)c([2H])c4[2H])c([2H])c3[2H])c([2H])c2[2H])c([2H])c1[2H]. The first-order valence-corrected chi connectivity index (χ1v) is 45.0. The van der Waals surface area contributed by atoms with Crippen LogP contribution in [0.5, 0.6) is 0 Å². The summed E-state index contributed by atoms with van der Waals surface area (Å²) in [6.07, 6.45) is 0. The molecule has 0 aliphatic carbocycles. The topological polar surface area (TPSA) is 16.3 Å². The van der Waals surface area contributed by atoms with Gasteiger partial charge >= 0.3 is 0 Å². The Morgan fingerprint density at radius 1 is 0.140 bits per heavy atom. The lowest BCUT2D eigenvalue weighted by Gasteiger charge is -2.26. The largest absolute Gasteiger partial charge is 0.311 e. The summed E-state index contributed by atoms with van der Waals surface area (Å²) in [7, 11) is 0. The van der Waals surface area contributed by atoms with Crippen molar-refractivity contribution in [1.29, 1.82) is 0 Å². The minimum atomic E-state index is -0.880. The number of para-hydroxylation sites is 4. The summed E-state index contributed by atoms with van der Waals surface area (Å²) in [5, 5.41) is 3.64. The van der Waals surface area contributed by atoms with Crippen LogP contribution in [-0.2, 0) is 0 Å². The highest BCUT2D eigenvalue weighted by Crippen LogP contribution is 2.46. The fourth-order valence-corrected chi connectivity index (χ4v) is 18.1. The molecule has 24 aromatic rings. The molecule has 0 unspecified atom stereocenters. The van der Waals surface area contributed by atoms with Gasteiger partial charge in [0, 0.05) is 66.8 Å². The number of nitrogens with zero attached hydrogens (tertiary/aromatic N) is 4. The highest BCUT2D eigenvalue weighted by molar-refractivity contribution is 6.13. The van der Waals surface area contributed by atoms with Crippen LogP contribution in [0.1, 0.15) is 28.8 Å². The minimum Gasteiger partial charge on any atom is -0.311 e. The Labute approximate surface area is 823 Å². The summed E-state index contributed by atoms with van der Waals surface area (Å²) in [6.45, 7) is 0. The lowest BCUT2D eigenvalue weighted by Crippen LogP contribution is -2.09. The van der Waals surface area contributed by atoms with Gasteiger partial charge in [0.15, 0.2) is 0 Å². The molecule has 2 heterocycles. The average Bonchev–Trinajstić information content (AvgIpc) is 1.65. The van der Waals surface area contributed by atoms with E-state index >= 15 is 0 Å². The Morgan fingerprint density at radius 3 is 0.721 bits per heavy atom. The molecular weight excluding hydrogens is 1640 g/mol. The van der Waals surface area contributed by atoms with E-state index in [1.54, 1.807) is 30.3 Å². The minimum absolute atomic E-state index is 0.0407. The quantitative estimate of drug-likeness (QED) is 0.0756. The third kappa shape index (κ3) is 16.6. The summed E-state index contributed by atoms with van der Waals surface area (Å²) in [5.74, 6) is 0. The van der Waals surface area contributed by atoms with Crippen LogP contribution >= 0.6 is 0 Å². The third-order valence-electron chi connectivity index (χ3n) is 24.8. The fraction of sp³-hybridized carbons (Fsp3) is 0. The van der Waals surface area contributed by atoms with Crippen molar-refractivity contribution in [3.8, 4) is 145 Å². The zero-order valence-electron chi connectivity index (χ0n) is 94.3. The molecule has 0 fully saturated rings. The summed E-state index contributed by atoms with van der Waals surface area (Å²) in [5.41, 5.74) is 21.5. The summed E-state index contributed by atoms with van der Waals surface area (Å²) in [4.78, 5) is 2.99. The van der Waals surface area contributed by atoms with Crippen molar-refractivity contribution in [2.24, 2.45) is 0 Å². The molecule has 0 spiro atoms. The van der Waals surface area contributed by atoms with Crippen molar-refractivity contribution in [2.75, 3.05) is 9.80 Å². The molecule has 0 amide bonds. The van der Waals surface area contributed by atoms with Crippen molar-refractivity contribution < 1.29 is 28.8 Å². The molecule has 0 saturated heterocycles. The van der Waals surface area contributed by atoms with Gasteiger partial charge in [0.05, 0.1) is 62.2 Å². The zero-order chi connectivity index (χ0) is 109. The molecule has 640 valence electrons. The van der Waals surface area contributed by atoms with Crippen molar-refractivity contribution in [3.63, 3.8) is 0 Å². The molecule has 0 aliphatic heterocycles. The summed E-state index contributed by atoms with van der Waals surface area (Å²) >= 11 is 0. The molecule has 0 saturated carbocycles. The van der Waals surface area contributed by atoms with Gasteiger partial charge in [-0.1, -0.05) is 424 Å². The molecule has 0 aliphatic rings. The molecule has 24 rings (SSSR count). The highest BCUT2D eigenvalue weighted by Gasteiger charge is 2.23. The van der Waals surface area contributed by atoms with Crippen LogP contribution in [0, 0.1) is 0 Å². The van der Waals surface area contributed by atoms with E-state index in [2.05, 4.69) is 173 Å². The van der Waals surface area contributed by atoms with Gasteiger partial charge in [-0.05, 0) is 256 Å². The number of benzene rings is 22. The standard InChI is InChI=1S/2C66H46N2/c2*1-4-15-47(16-5-1)49-27-29-50(30-28-49)51-31-38-58(39-32-51)67(59-40-33-52(34-41-59)56-22-14-21-55(45-56)48-17-6-2-7-18-48)60-42-35-53(36-43-60)57-37-44-66-63(46-57)62-24-11-13-26-65(62)68(66)64-25-12-10-23-61(64)54-19-8-3-9-20-54/h2*1-46H/i1D,4D,5D,15D,16D,27D,28D,29D,30D,31D,32D,35D,36D,38D,39D,42D,43D;35D,36D,42D,43D. The number of rotatable bonds is 20. The second-order valence-electron chi connectivity index (χ2n) is 33.0. The van der Waals surface area contributed by atoms with E-state index in [9.17, 15) is 16.4 Å². The number of aromatic nitrogens is 2. The Bertz CT molecular complexity index is 9640. The smallest absolute Gasteiger partial charge is 0.0645 e. The lowest BCUT2D eigenvalue weighted by atomic mass is 9.98. The van der Waals surface area contributed by atoms with Gasteiger partial charge in [0.25, 0.3) is 0 Å². The predicted molar refractivity (Wildman–Crippen MR) is 576 cm³/mol. The monoisotopic (exact) mass is 1750 g/mol. The van der Waals surface area contributed by atoms with Crippen molar-refractivity contribution in [3.05, 3.63) is 558 Å². The molecule has 2 aromatic heterocycles. The van der Waals surface area contributed by atoms with Crippen LogP contribution in [0.4, 0.5) is 34.1 Å². The van der Waals surface area contributed by atoms with Crippen LogP contribution in [0.3, 0.4) is 0 Å². The highest BCUT2D eigenvalue weighted by atomic mass is 15.1. The summed E-state index contributed by atoms with van der Waals surface area (Å²) in [6, 6.07) is 129. The number of anilines is 6. The van der Waals surface area contributed by atoms with E-state index in [1.807, 2.05) is 241 Å². The van der Waals surface area contributed by atoms with E-state index in [0.717, 1.165) is 149 Å². The first-order chi connectivity index (χ1) is 76.2. The van der Waals surface area contributed by atoms with Crippen LogP contribution in [0.15, 0.2) is 558 Å². The van der Waals surface area contributed by atoms with Gasteiger partial charge in [-0.3, -0.25) is 0 Å². The van der Waals surface area contributed by atoms with E-state index in [4.69, 9.17) is 12.3 Å². The Morgan fingerprint density at radius 2 is 0.368 bits per heavy atom. The van der Waals surface area contributed by atoms with Crippen LogP contribution < -0.4 is 9.80 Å². The maximum Gasteiger partial charge on any atom is 0.0645 e. The van der Waals surface area contributed by atoms with Gasteiger partial charge in [0.1, 0.15) is 0 Å². The number of hydrogen-bond acceptors (Lipinski definition) is 2. The van der Waals surface area contributed by atoms with Crippen molar-refractivity contribution >= 4 is 77.7 Å². The maximum atomic E-state index is 9.83. The number of hydrogen-bond donors (Lipinski definition) is 0. The Hall–Kier alpha value is -18.0. The molecule has 0 bridgehead atoms. The van der Waals surface area contributed by atoms with E-state index in [-0.39, 0.29) is 46.7 Å². The Balaban J connectivity index is 0.000000172. The lowest BCUT2D eigenvalue weighted by molar-refractivity contribution is 1.18. The van der Waals surface area contributed by atoms with Gasteiger partial charge in [-0.2, -0.15) is 0 Å². The van der Waals surface area contributed by atoms with Gasteiger partial charge in [-0.25, -0.2) is 0 Å². The summed E-state index contributed by atoms with van der Waals surface area (Å²) < 4.78 is 199. The van der Waals surface area contributed by atoms with Crippen LogP contribution in [0.25, 0.3) is 189 Å². The van der Waals surface area contributed by atoms with Crippen molar-refractivity contribution in [1.82, 2.24) is 9.13 Å². The molecule has 4 heteroatoms.